The van der Waals surface area contributed by atoms with Crippen LogP contribution in [-0.2, 0) is 4.79 Å². The highest BCUT2D eigenvalue weighted by atomic mass is 32.2. The highest BCUT2D eigenvalue weighted by molar-refractivity contribution is 7.99. The highest BCUT2D eigenvalue weighted by Gasteiger charge is 2.24. The zero-order valence-electron chi connectivity index (χ0n) is 15.8. The van der Waals surface area contributed by atoms with Crippen molar-refractivity contribution in [2.75, 3.05) is 12.8 Å². The van der Waals surface area contributed by atoms with Crippen molar-refractivity contribution in [2.45, 2.75) is 31.1 Å². The molecule has 3 rings (SSSR count). The Hall–Kier alpha value is -2.60. The van der Waals surface area contributed by atoms with Gasteiger partial charge in [-0.3, -0.25) is 4.79 Å². The second-order valence-corrected chi connectivity index (χ2v) is 7.57. The molecule has 140 valence electrons. The van der Waals surface area contributed by atoms with Gasteiger partial charge in [-0.1, -0.05) is 72.4 Å². The van der Waals surface area contributed by atoms with E-state index in [1.807, 2.05) is 52.9 Å². The summed E-state index contributed by atoms with van der Waals surface area (Å²) in [7, 11) is 1.86. The van der Waals surface area contributed by atoms with Crippen LogP contribution in [0, 0.1) is 0 Å². The molecule has 27 heavy (non-hydrogen) atoms. The Morgan fingerprint density at radius 2 is 1.59 bits per heavy atom. The molecule has 0 fully saturated rings. The van der Waals surface area contributed by atoms with Gasteiger partial charge in [-0.05, 0) is 25.0 Å². The Labute approximate surface area is 164 Å². The van der Waals surface area contributed by atoms with Crippen LogP contribution in [0.5, 0.6) is 0 Å². The van der Waals surface area contributed by atoms with Crippen molar-refractivity contribution in [3.05, 3.63) is 78.1 Å². The topological polar surface area (TPSA) is 51.0 Å². The Balaban J connectivity index is 1.78. The summed E-state index contributed by atoms with van der Waals surface area (Å²) in [6, 6.07) is 20.4. The Morgan fingerprint density at radius 3 is 2.11 bits per heavy atom. The molecule has 1 amide bonds. The molecule has 0 bridgehead atoms. The molecule has 0 N–H and O–H groups in total. The molecule has 1 aromatic heterocycles. The quantitative estimate of drug-likeness (QED) is 0.577. The second kappa shape index (κ2) is 8.86. The molecule has 3 aromatic rings. The van der Waals surface area contributed by atoms with E-state index in [-0.39, 0.29) is 18.0 Å². The van der Waals surface area contributed by atoms with Gasteiger partial charge in [0.05, 0.1) is 11.8 Å². The van der Waals surface area contributed by atoms with E-state index < -0.39 is 0 Å². The van der Waals surface area contributed by atoms with Crippen LogP contribution < -0.4 is 0 Å². The van der Waals surface area contributed by atoms with E-state index in [9.17, 15) is 4.79 Å². The van der Waals surface area contributed by atoms with Gasteiger partial charge in [-0.15, -0.1) is 10.2 Å². The minimum absolute atomic E-state index is 0.0519. The lowest BCUT2D eigenvalue weighted by molar-refractivity contribution is -0.128. The van der Waals surface area contributed by atoms with Crippen LogP contribution in [0.4, 0.5) is 0 Å². The number of aromatic nitrogens is 3. The molecule has 0 unspecified atom stereocenters. The van der Waals surface area contributed by atoms with E-state index in [1.165, 1.54) is 11.8 Å². The van der Waals surface area contributed by atoms with E-state index in [0.29, 0.717) is 5.75 Å². The fourth-order valence-corrected chi connectivity index (χ4v) is 3.94. The Kier molecular flexibility index (Phi) is 6.29. The third kappa shape index (κ3) is 4.57. The van der Waals surface area contributed by atoms with Crippen molar-refractivity contribution in [3.63, 3.8) is 0 Å². The molecule has 0 aliphatic heterocycles. The minimum Gasteiger partial charge on any atom is -0.334 e. The summed E-state index contributed by atoms with van der Waals surface area (Å²) < 4.78 is 1.98. The van der Waals surface area contributed by atoms with Crippen molar-refractivity contribution in [1.29, 1.82) is 0 Å². The molecule has 0 radical (unpaired) electrons. The maximum absolute atomic E-state index is 13.0. The summed E-state index contributed by atoms with van der Waals surface area (Å²) in [5.41, 5.74) is 2.18. The molecule has 2 aromatic carbocycles. The van der Waals surface area contributed by atoms with Gasteiger partial charge in [0, 0.05) is 13.1 Å². The normalized spacial score (nSPS) is 11.1. The zero-order valence-corrected chi connectivity index (χ0v) is 16.6. The predicted octanol–water partition coefficient (Wildman–Crippen LogP) is 4.20. The monoisotopic (exact) mass is 380 g/mol. The number of carbonyl (C=O) groups excluding carboxylic acids is 1. The number of benzene rings is 2. The van der Waals surface area contributed by atoms with E-state index in [1.54, 1.807) is 6.33 Å². The third-order valence-corrected chi connectivity index (χ3v) is 5.37. The summed E-state index contributed by atoms with van der Waals surface area (Å²) in [6.45, 7) is 4.14. The van der Waals surface area contributed by atoms with Gasteiger partial charge in [-0.25, -0.2) is 0 Å². The standard InChI is InChI=1S/C21H24N4OS/c1-16(2)25-15-22-23-21(25)27-14-19(26)24(3)20(17-10-6-4-7-11-17)18-12-8-5-9-13-18/h4-13,15-16,20H,14H2,1-3H3. The summed E-state index contributed by atoms with van der Waals surface area (Å²) in [5, 5.41) is 8.87. The summed E-state index contributed by atoms with van der Waals surface area (Å²) in [5.74, 6) is 0.369. The average Bonchev–Trinajstić information content (AvgIpc) is 3.17. The molecule has 6 heteroatoms. The maximum atomic E-state index is 13.0. The summed E-state index contributed by atoms with van der Waals surface area (Å²) in [4.78, 5) is 14.8. The second-order valence-electron chi connectivity index (χ2n) is 6.63. The van der Waals surface area contributed by atoms with Crippen LogP contribution in [0.2, 0.25) is 0 Å². The number of thioether (sulfide) groups is 1. The van der Waals surface area contributed by atoms with Crippen molar-refractivity contribution in [1.82, 2.24) is 19.7 Å². The number of amides is 1. The lowest BCUT2D eigenvalue weighted by Crippen LogP contribution is -2.33. The molecular weight excluding hydrogens is 356 g/mol. The molecule has 0 spiro atoms. The van der Waals surface area contributed by atoms with Crippen molar-refractivity contribution < 1.29 is 4.79 Å². The van der Waals surface area contributed by atoms with Gasteiger partial charge in [0.15, 0.2) is 5.16 Å². The van der Waals surface area contributed by atoms with Crippen molar-refractivity contribution in [3.8, 4) is 0 Å². The van der Waals surface area contributed by atoms with Crippen LogP contribution in [0.3, 0.4) is 0 Å². The molecule has 0 aliphatic carbocycles. The maximum Gasteiger partial charge on any atom is 0.233 e. The van der Waals surface area contributed by atoms with Gasteiger partial charge in [0.25, 0.3) is 0 Å². The molecule has 0 saturated heterocycles. The fraction of sp³-hybridized carbons (Fsp3) is 0.286. The van der Waals surface area contributed by atoms with Crippen LogP contribution >= 0.6 is 11.8 Å². The first-order valence-corrected chi connectivity index (χ1v) is 9.94. The van der Waals surface area contributed by atoms with Crippen LogP contribution in [0.15, 0.2) is 72.1 Å². The third-order valence-electron chi connectivity index (χ3n) is 4.43. The van der Waals surface area contributed by atoms with Gasteiger partial charge >= 0.3 is 0 Å². The molecule has 1 heterocycles. The van der Waals surface area contributed by atoms with Gasteiger partial charge in [0.1, 0.15) is 6.33 Å². The zero-order chi connectivity index (χ0) is 19.2. The number of hydrogen-bond acceptors (Lipinski definition) is 4. The molecule has 0 saturated carbocycles. The van der Waals surface area contributed by atoms with E-state index >= 15 is 0 Å². The molecular formula is C21H24N4OS. The summed E-state index contributed by atoms with van der Waals surface area (Å²) in [6.07, 6.45) is 1.71. The van der Waals surface area contributed by atoms with Crippen LogP contribution in [0.1, 0.15) is 37.1 Å². The van der Waals surface area contributed by atoms with E-state index in [0.717, 1.165) is 16.3 Å². The fourth-order valence-electron chi connectivity index (χ4n) is 2.97. The van der Waals surface area contributed by atoms with Crippen molar-refractivity contribution in [2.24, 2.45) is 0 Å². The first kappa shape index (κ1) is 19.2. The first-order valence-electron chi connectivity index (χ1n) is 8.95. The molecule has 0 aliphatic rings. The number of rotatable bonds is 7. The first-order chi connectivity index (χ1) is 13.1. The van der Waals surface area contributed by atoms with E-state index in [4.69, 9.17) is 0 Å². The number of carbonyl (C=O) groups is 1. The minimum atomic E-state index is -0.122. The van der Waals surface area contributed by atoms with Crippen LogP contribution in [0.25, 0.3) is 0 Å². The lowest BCUT2D eigenvalue weighted by Gasteiger charge is -2.29. The van der Waals surface area contributed by atoms with Crippen molar-refractivity contribution >= 4 is 17.7 Å². The molecule has 0 atom stereocenters. The smallest absolute Gasteiger partial charge is 0.233 e. The average molecular weight is 381 g/mol. The SMILES string of the molecule is CC(C)n1cnnc1SCC(=O)N(C)C(c1ccccc1)c1ccccc1. The van der Waals surface area contributed by atoms with E-state index in [2.05, 4.69) is 48.3 Å². The Bertz CT molecular complexity index is 825. The lowest BCUT2D eigenvalue weighted by atomic mass is 9.97. The van der Waals surface area contributed by atoms with Gasteiger partial charge < -0.3 is 9.47 Å². The highest BCUT2D eigenvalue weighted by Crippen LogP contribution is 2.28. The van der Waals surface area contributed by atoms with Gasteiger partial charge in [0.2, 0.25) is 5.91 Å². The van der Waals surface area contributed by atoms with Crippen LogP contribution in [-0.4, -0.2) is 38.4 Å². The number of hydrogen-bond donors (Lipinski definition) is 0. The Morgan fingerprint density at radius 1 is 1.04 bits per heavy atom. The predicted molar refractivity (Wildman–Crippen MR) is 109 cm³/mol. The summed E-state index contributed by atoms with van der Waals surface area (Å²) >= 11 is 1.42. The number of nitrogens with zero attached hydrogens (tertiary/aromatic N) is 4. The molecule has 5 nitrogen and oxygen atoms in total. The van der Waals surface area contributed by atoms with Gasteiger partial charge in [-0.2, -0.15) is 0 Å². The largest absolute Gasteiger partial charge is 0.334 e.